The van der Waals surface area contributed by atoms with Crippen LogP contribution in [0.3, 0.4) is 0 Å². The molecule has 0 heterocycles. The Bertz CT molecular complexity index is 1130. The molecule has 1 amide bonds. The summed E-state index contributed by atoms with van der Waals surface area (Å²) in [4.78, 5) is 13.5. The fourth-order valence-corrected chi connectivity index (χ4v) is 35.0. The van der Waals surface area contributed by atoms with Crippen molar-refractivity contribution in [2.24, 2.45) is 5.92 Å². The monoisotopic (exact) mass is 674 g/mol. The molecule has 0 aliphatic heterocycles. The molecule has 34 heavy (non-hydrogen) atoms. The van der Waals surface area contributed by atoms with E-state index in [2.05, 4.69) is 91.7 Å². The van der Waals surface area contributed by atoms with Crippen LogP contribution in [-0.4, -0.2) is 11.9 Å². The van der Waals surface area contributed by atoms with Crippen molar-refractivity contribution in [1.82, 2.24) is 3.30 Å². The Morgan fingerprint density at radius 3 is 1.59 bits per heavy atom. The van der Waals surface area contributed by atoms with Gasteiger partial charge in [0, 0.05) is 0 Å². The predicted molar refractivity (Wildman–Crippen MR) is 133 cm³/mol. The van der Waals surface area contributed by atoms with E-state index in [1.807, 2.05) is 30.3 Å². The van der Waals surface area contributed by atoms with Crippen LogP contribution in [0.2, 0.25) is 0 Å². The van der Waals surface area contributed by atoms with Gasteiger partial charge in [0.2, 0.25) is 0 Å². The third kappa shape index (κ3) is 5.91. The number of hydrogen-bond donors (Lipinski definition) is 1. The molecule has 1 N–H and O–H groups in total. The maximum atomic E-state index is 13.5. The third-order valence-corrected chi connectivity index (χ3v) is 33.4. The molecule has 3 aromatic carbocycles. The number of rotatable bonds is 6. The Morgan fingerprint density at radius 1 is 0.735 bits per heavy atom. The molecule has 175 valence electrons. The number of allylic oxidation sites excluding steroid dienone is 4. The molecule has 0 saturated heterocycles. The van der Waals surface area contributed by atoms with Crippen LogP contribution >= 0.6 is 0 Å². The summed E-state index contributed by atoms with van der Waals surface area (Å²) in [7, 11) is 0. The molecule has 0 bridgehead atoms. The van der Waals surface area contributed by atoms with E-state index in [1.54, 1.807) is 3.33 Å². The number of halogens is 2. The minimum Gasteiger partial charge on any atom is -1.00 e. The third-order valence-electron chi connectivity index (χ3n) is 6.77. The van der Waals surface area contributed by atoms with Gasteiger partial charge in [-0.2, -0.15) is 0 Å². The van der Waals surface area contributed by atoms with Crippen molar-refractivity contribution in [3.05, 3.63) is 117 Å². The average molecular weight is 674 g/mol. The van der Waals surface area contributed by atoms with Crippen molar-refractivity contribution in [3.8, 4) is 0 Å². The number of carbonyl (C=O) groups is 1. The zero-order chi connectivity index (χ0) is 22.7. The summed E-state index contributed by atoms with van der Waals surface area (Å²) < 4.78 is 5.31. The van der Waals surface area contributed by atoms with Crippen molar-refractivity contribution in [2.45, 2.75) is 27.7 Å². The van der Waals surface area contributed by atoms with Gasteiger partial charge in [-0.3, -0.25) is 0 Å². The molecule has 2 nitrogen and oxygen atoms in total. The summed E-state index contributed by atoms with van der Waals surface area (Å²) in [5, 5.41) is 2.87. The molecule has 0 aromatic heterocycles. The zero-order valence-electron chi connectivity index (χ0n) is 20.0. The fourth-order valence-electron chi connectivity index (χ4n) is 4.69. The van der Waals surface area contributed by atoms with E-state index in [4.69, 9.17) is 0 Å². The Kier molecular flexibility index (Phi) is 10.8. The van der Waals surface area contributed by atoms with Crippen molar-refractivity contribution in [2.75, 3.05) is 0 Å². The Balaban J connectivity index is 0.00000204. The van der Waals surface area contributed by atoms with Gasteiger partial charge in [0.25, 0.3) is 0 Å². The van der Waals surface area contributed by atoms with Crippen molar-refractivity contribution >= 4 is 22.3 Å². The van der Waals surface area contributed by atoms with Crippen LogP contribution in [0.4, 0.5) is 0 Å². The topological polar surface area (TPSA) is 29.1 Å². The van der Waals surface area contributed by atoms with E-state index in [-0.39, 0.29) is 30.7 Å². The molecule has 1 aliphatic rings. The number of hydrogen-bond acceptors (Lipinski definition) is 1. The molecule has 4 rings (SSSR count). The van der Waals surface area contributed by atoms with E-state index >= 15 is 0 Å². The SMILES string of the molecule is CC1=C(C)C(C)[C]([Hf+2]([NH]C(=O)c2ccccc2)[SiH](c2ccccc2)c2ccccc2)=C1C.[Cl-].[Cl-]. The van der Waals surface area contributed by atoms with Gasteiger partial charge in [0.15, 0.2) is 0 Å². The van der Waals surface area contributed by atoms with Crippen LogP contribution in [-0.2, 0) is 20.9 Å². The van der Waals surface area contributed by atoms with Gasteiger partial charge in [0.05, 0.1) is 0 Å². The van der Waals surface area contributed by atoms with Gasteiger partial charge in [-0.1, -0.05) is 0 Å². The minimum absolute atomic E-state index is 0. The van der Waals surface area contributed by atoms with Gasteiger partial charge >= 0.3 is 201 Å². The Morgan fingerprint density at radius 2 is 1.18 bits per heavy atom. The largest absolute Gasteiger partial charge is 1.00 e. The minimum atomic E-state index is -2.90. The number of amides is 1. The molecule has 0 saturated carbocycles. The van der Waals surface area contributed by atoms with Crippen LogP contribution in [0.1, 0.15) is 38.1 Å². The molecule has 1 aliphatic carbocycles. The second kappa shape index (κ2) is 12.8. The molecular weight excluding hydrogens is 644 g/mol. The van der Waals surface area contributed by atoms with E-state index in [0.29, 0.717) is 5.92 Å². The first-order valence-electron chi connectivity index (χ1n) is 11.2. The van der Waals surface area contributed by atoms with Crippen molar-refractivity contribution in [3.63, 3.8) is 0 Å². The van der Waals surface area contributed by atoms with E-state index in [0.717, 1.165) is 5.56 Å². The summed E-state index contributed by atoms with van der Waals surface area (Å²) in [6, 6.07) is 31.6. The molecule has 1 atom stereocenters. The second-order valence-corrected chi connectivity index (χ2v) is 27.5. The van der Waals surface area contributed by atoms with Gasteiger partial charge in [-0.25, -0.2) is 0 Å². The van der Waals surface area contributed by atoms with Gasteiger partial charge in [0.1, 0.15) is 0 Å². The van der Waals surface area contributed by atoms with Gasteiger partial charge < -0.3 is 24.8 Å². The van der Waals surface area contributed by atoms with Gasteiger partial charge in [-0.05, 0) is 0 Å². The Labute approximate surface area is 224 Å². The van der Waals surface area contributed by atoms with E-state index < -0.39 is 26.9 Å². The number of benzene rings is 3. The summed E-state index contributed by atoms with van der Waals surface area (Å²) in [5.41, 5.74) is 5.06. The van der Waals surface area contributed by atoms with Crippen LogP contribution < -0.4 is 38.5 Å². The summed E-state index contributed by atoms with van der Waals surface area (Å²) in [6.45, 7) is 9.13. The molecule has 1 unspecified atom stereocenters. The predicted octanol–water partition coefficient (Wildman–Crippen LogP) is -1.24. The van der Waals surface area contributed by atoms with Gasteiger partial charge in [-0.15, -0.1) is 0 Å². The molecule has 0 radical (unpaired) electrons. The standard InChI is InChI=1S/C12H11Si.C9H13.C7H7NO.2ClH.Hf/c1-3-7-11(8-4-1)13-12-9-5-2-6-10-12;1-6-5-7(2)9(4)8(6)3;8-7(9)6-4-2-1-3-5-6;;;/h1-10,13H;6H,1-4H3;1-5H,(H2,8,9);2*1H;/q;;;;;+3/p-3. The van der Waals surface area contributed by atoms with Crippen LogP contribution in [0.5, 0.6) is 0 Å². The molecule has 0 fully saturated rings. The summed E-state index contributed by atoms with van der Waals surface area (Å²) in [5.74, 6) is -1.13. The van der Waals surface area contributed by atoms with E-state index in [9.17, 15) is 4.79 Å². The van der Waals surface area contributed by atoms with Crippen LogP contribution in [0.25, 0.3) is 0 Å². The fraction of sp³-hybridized carbons (Fsp3) is 0.179. The molecule has 3 aromatic rings. The molecule has 0 spiro atoms. The maximum Gasteiger partial charge on any atom is -1.00 e. The number of nitrogens with one attached hydrogen (secondary N) is 1. The van der Waals surface area contributed by atoms with Crippen LogP contribution in [0, 0.1) is 5.92 Å². The first kappa shape index (κ1) is 28.5. The summed E-state index contributed by atoms with van der Waals surface area (Å²) in [6.07, 6.45) is 0. The second-order valence-electron chi connectivity index (χ2n) is 8.56. The van der Waals surface area contributed by atoms with Crippen molar-refractivity contribution < 1.29 is 50.5 Å². The number of carbonyl (C=O) groups excluding carboxylic acids is 1. The Hall–Kier alpha value is -1.72. The summed E-state index contributed by atoms with van der Waals surface area (Å²) >= 11 is -2.90. The maximum absolute atomic E-state index is 13.5. The first-order valence-corrected chi connectivity index (χ1v) is 22.8. The first-order chi connectivity index (χ1) is 15.5. The van der Waals surface area contributed by atoms with Crippen LogP contribution in [0.15, 0.2) is 111 Å². The average Bonchev–Trinajstić information content (AvgIpc) is 3.03. The molecule has 6 heteroatoms. The van der Waals surface area contributed by atoms with Crippen molar-refractivity contribution in [1.29, 1.82) is 0 Å². The molecular formula is C28H30Cl2HfNOSi. The quantitative estimate of drug-likeness (QED) is 0.326. The smallest absolute Gasteiger partial charge is 1.00 e. The normalized spacial score (nSPS) is 15.0. The zero-order valence-corrected chi connectivity index (χ0v) is 26.2. The van der Waals surface area contributed by atoms with E-state index in [1.165, 1.54) is 27.1 Å².